The molecule has 2 heterocycles. The van der Waals surface area contributed by atoms with Gasteiger partial charge in [0.15, 0.2) is 5.96 Å². The molecule has 1 aromatic rings. The molecule has 1 aromatic heterocycles. The van der Waals surface area contributed by atoms with E-state index in [1.54, 1.807) is 11.3 Å². The van der Waals surface area contributed by atoms with E-state index in [0.717, 1.165) is 42.8 Å². The highest BCUT2D eigenvalue weighted by molar-refractivity contribution is 14.0. The summed E-state index contributed by atoms with van der Waals surface area (Å²) in [6, 6.07) is 0. The SMILES string of the molecule is CCNC(=NCC1CCN(CC)C1)N(C)Cc1csc(C)n1.I. The fourth-order valence-electron chi connectivity index (χ4n) is 2.83. The summed E-state index contributed by atoms with van der Waals surface area (Å²) < 4.78 is 0. The van der Waals surface area contributed by atoms with Gasteiger partial charge in [-0.3, -0.25) is 4.99 Å². The molecule has 1 N–H and O–H groups in total. The van der Waals surface area contributed by atoms with Crippen LogP contribution < -0.4 is 5.32 Å². The van der Waals surface area contributed by atoms with Gasteiger partial charge < -0.3 is 15.1 Å². The van der Waals surface area contributed by atoms with Crippen LogP contribution in [0.2, 0.25) is 0 Å². The molecule has 0 spiro atoms. The van der Waals surface area contributed by atoms with E-state index in [0.29, 0.717) is 5.92 Å². The van der Waals surface area contributed by atoms with Gasteiger partial charge in [-0.15, -0.1) is 35.3 Å². The number of nitrogens with one attached hydrogen (secondary N) is 1. The summed E-state index contributed by atoms with van der Waals surface area (Å²) in [5.41, 5.74) is 1.12. The number of guanidine groups is 1. The zero-order chi connectivity index (χ0) is 15.9. The van der Waals surface area contributed by atoms with Crippen molar-refractivity contribution in [2.75, 3.05) is 39.8 Å². The van der Waals surface area contributed by atoms with Crippen molar-refractivity contribution in [1.29, 1.82) is 0 Å². The number of nitrogens with zero attached hydrogens (tertiary/aromatic N) is 4. The molecule has 0 aliphatic carbocycles. The number of aliphatic imine (C=N–C) groups is 1. The largest absolute Gasteiger partial charge is 0.357 e. The summed E-state index contributed by atoms with van der Waals surface area (Å²) in [5.74, 6) is 1.69. The van der Waals surface area contributed by atoms with Crippen LogP contribution in [0.25, 0.3) is 0 Å². The molecule has 1 fully saturated rings. The third kappa shape index (κ3) is 6.54. The van der Waals surface area contributed by atoms with Gasteiger partial charge in [0, 0.05) is 32.1 Å². The summed E-state index contributed by atoms with van der Waals surface area (Å²) in [7, 11) is 2.09. The van der Waals surface area contributed by atoms with Crippen molar-refractivity contribution in [1.82, 2.24) is 20.1 Å². The Morgan fingerprint density at radius 1 is 1.52 bits per heavy atom. The second-order valence-corrected chi connectivity index (χ2v) is 7.02. The predicted molar refractivity (Wildman–Crippen MR) is 110 cm³/mol. The Hall–Kier alpha value is -0.410. The van der Waals surface area contributed by atoms with Crippen molar-refractivity contribution < 1.29 is 0 Å². The maximum absolute atomic E-state index is 4.85. The number of thiazole rings is 1. The van der Waals surface area contributed by atoms with E-state index in [1.165, 1.54) is 19.5 Å². The lowest BCUT2D eigenvalue weighted by atomic mass is 10.1. The number of aryl methyl sites for hydroxylation is 1. The van der Waals surface area contributed by atoms with E-state index in [4.69, 9.17) is 4.99 Å². The smallest absolute Gasteiger partial charge is 0.194 e. The Morgan fingerprint density at radius 2 is 2.30 bits per heavy atom. The first-order chi connectivity index (χ1) is 10.6. The number of likely N-dealkylation sites (tertiary alicyclic amines) is 1. The van der Waals surface area contributed by atoms with Crippen LogP contribution in [-0.4, -0.2) is 60.5 Å². The standard InChI is InChI=1S/C16H29N5S.HI/c1-5-17-16(18-9-14-7-8-21(6-2)10-14)20(4)11-15-12-22-13(3)19-15;/h12,14H,5-11H2,1-4H3,(H,17,18);1H. The average Bonchev–Trinajstić information content (AvgIpc) is 3.12. The Balaban J connectivity index is 0.00000264. The van der Waals surface area contributed by atoms with Gasteiger partial charge in [-0.1, -0.05) is 6.92 Å². The number of hydrogen-bond donors (Lipinski definition) is 1. The minimum Gasteiger partial charge on any atom is -0.357 e. The number of rotatable bonds is 6. The number of aromatic nitrogens is 1. The van der Waals surface area contributed by atoms with Crippen LogP contribution in [-0.2, 0) is 6.54 Å². The first-order valence-electron chi connectivity index (χ1n) is 8.25. The Morgan fingerprint density at radius 3 is 2.87 bits per heavy atom. The minimum atomic E-state index is 0. The molecule has 1 saturated heterocycles. The molecule has 1 aliphatic rings. The van der Waals surface area contributed by atoms with E-state index >= 15 is 0 Å². The molecule has 0 aromatic carbocycles. The van der Waals surface area contributed by atoms with Crippen LogP contribution >= 0.6 is 35.3 Å². The monoisotopic (exact) mass is 451 g/mol. The quantitative estimate of drug-likeness (QED) is 0.411. The van der Waals surface area contributed by atoms with Crippen LogP contribution in [0.5, 0.6) is 0 Å². The second-order valence-electron chi connectivity index (χ2n) is 5.96. The van der Waals surface area contributed by atoms with E-state index in [1.807, 2.05) is 6.92 Å². The van der Waals surface area contributed by atoms with E-state index in [2.05, 4.69) is 46.4 Å². The van der Waals surface area contributed by atoms with E-state index in [9.17, 15) is 0 Å². The molecule has 0 saturated carbocycles. The third-order valence-corrected chi connectivity index (χ3v) is 4.90. The average molecular weight is 451 g/mol. The summed E-state index contributed by atoms with van der Waals surface area (Å²) >= 11 is 1.70. The lowest BCUT2D eigenvalue weighted by Crippen LogP contribution is -2.39. The normalized spacial score (nSPS) is 18.8. The molecule has 132 valence electrons. The molecule has 0 bridgehead atoms. The molecule has 0 radical (unpaired) electrons. The van der Waals surface area contributed by atoms with Crippen molar-refractivity contribution in [3.05, 3.63) is 16.1 Å². The fraction of sp³-hybridized carbons (Fsp3) is 0.750. The van der Waals surface area contributed by atoms with E-state index in [-0.39, 0.29) is 24.0 Å². The first-order valence-corrected chi connectivity index (χ1v) is 9.13. The van der Waals surface area contributed by atoms with Crippen molar-refractivity contribution in [3.63, 3.8) is 0 Å². The topological polar surface area (TPSA) is 43.8 Å². The minimum absolute atomic E-state index is 0. The summed E-state index contributed by atoms with van der Waals surface area (Å²) in [4.78, 5) is 14.1. The first kappa shape index (κ1) is 20.6. The highest BCUT2D eigenvalue weighted by Crippen LogP contribution is 2.16. The zero-order valence-corrected chi connectivity index (χ0v) is 17.9. The van der Waals surface area contributed by atoms with Crippen LogP contribution in [0.15, 0.2) is 10.4 Å². The second kappa shape index (κ2) is 10.5. The Labute approximate surface area is 161 Å². The van der Waals surface area contributed by atoms with Crippen LogP contribution in [0, 0.1) is 12.8 Å². The van der Waals surface area contributed by atoms with Gasteiger partial charge in [0.2, 0.25) is 0 Å². The van der Waals surface area contributed by atoms with Gasteiger partial charge in [0.1, 0.15) is 0 Å². The molecule has 2 rings (SSSR count). The maximum atomic E-state index is 4.85. The summed E-state index contributed by atoms with van der Waals surface area (Å²) in [5, 5.41) is 6.65. The molecule has 0 amide bonds. The van der Waals surface area contributed by atoms with Crippen LogP contribution in [0.3, 0.4) is 0 Å². The molecular weight excluding hydrogens is 421 g/mol. The van der Waals surface area contributed by atoms with Gasteiger partial charge in [-0.05, 0) is 39.3 Å². The summed E-state index contributed by atoms with van der Waals surface area (Å²) in [6.45, 7) is 12.6. The van der Waals surface area contributed by atoms with Crippen molar-refractivity contribution in [3.8, 4) is 0 Å². The van der Waals surface area contributed by atoms with Gasteiger partial charge in [0.05, 0.1) is 17.2 Å². The summed E-state index contributed by atoms with van der Waals surface area (Å²) in [6.07, 6.45) is 1.27. The molecule has 5 nitrogen and oxygen atoms in total. The molecule has 23 heavy (non-hydrogen) atoms. The van der Waals surface area contributed by atoms with E-state index < -0.39 is 0 Å². The molecular formula is C16H30IN5S. The predicted octanol–water partition coefficient (Wildman–Crippen LogP) is 2.81. The fourth-order valence-corrected chi connectivity index (χ4v) is 3.44. The molecule has 1 aliphatic heterocycles. The molecule has 7 heteroatoms. The lowest BCUT2D eigenvalue weighted by Gasteiger charge is -2.21. The zero-order valence-electron chi connectivity index (χ0n) is 14.7. The Bertz CT molecular complexity index is 491. The van der Waals surface area contributed by atoms with Gasteiger partial charge >= 0.3 is 0 Å². The van der Waals surface area contributed by atoms with Gasteiger partial charge in [-0.25, -0.2) is 4.98 Å². The molecule has 1 atom stereocenters. The highest BCUT2D eigenvalue weighted by atomic mass is 127. The van der Waals surface area contributed by atoms with Crippen molar-refractivity contribution in [2.45, 2.75) is 33.7 Å². The maximum Gasteiger partial charge on any atom is 0.194 e. The van der Waals surface area contributed by atoms with Crippen molar-refractivity contribution in [2.24, 2.45) is 10.9 Å². The van der Waals surface area contributed by atoms with Crippen molar-refractivity contribution >= 4 is 41.3 Å². The molecule has 1 unspecified atom stereocenters. The van der Waals surface area contributed by atoms with Crippen LogP contribution in [0.4, 0.5) is 0 Å². The number of hydrogen-bond acceptors (Lipinski definition) is 4. The highest BCUT2D eigenvalue weighted by Gasteiger charge is 2.21. The van der Waals surface area contributed by atoms with Gasteiger partial charge in [-0.2, -0.15) is 0 Å². The van der Waals surface area contributed by atoms with Crippen LogP contribution in [0.1, 0.15) is 31.0 Å². The van der Waals surface area contributed by atoms with Gasteiger partial charge in [0.25, 0.3) is 0 Å². The Kier molecular flexibility index (Phi) is 9.38. The third-order valence-electron chi connectivity index (χ3n) is 4.08. The lowest BCUT2D eigenvalue weighted by molar-refractivity contribution is 0.343. The number of halogens is 1.